The Morgan fingerprint density at radius 2 is 1.70 bits per heavy atom. The van der Waals surface area contributed by atoms with Crippen molar-refractivity contribution in [1.82, 2.24) is 4.57 Å². The van der Waals surface area contributed by atoms with E-state index in [0.29, 0.717) is 18.0 Å². The highest BCUT2D eigenvalue weighted by Gasteiger charge is 2.17. The van der Waals surface area contributed by atoms with Gasteiger partial charge in [0.2, 0.25) is 0 Å². The maximum Gasteiger partial charge on any atom is 0.256 e. The molecule has 2 N–H and O–H groups in total. The van der Waals surface area contributed by atoms with E-state index in [-0.39, 0.29) is 28.3 Å². The molecule has 0 bridgehead atoms. The summed E-state index contributed by atoms with van der Waals surface area (Å²) in [6.45, 7) is 2.61. The number of nitrogens with two attached hydrogens (primary N) is 1. The zero-order chi connectivity index (χ0) is 19.4. The lowest BCUT2D eigenvalue weighted by Crippen LogP contribution is -2.23. The smallest absolute Gasteiger partial charge is 0.256 e. The van der Waals surface area contributed by atoms with Crippen LogP contribution >= 0.6 is 0 Å². The van der Waals surface area contributed by atoms with Crippen LogP contribution in [0.15, 0.2) is 65.5 Å². The summed E-state index contributed by atoms with van der Waals surface area (Å²) in [6, 6.07) is 14.7. The molecule has 0 saturated carbocycles. The van der Waals surface area contributed by atoms with Gasteiger partial charge in [-0.3, -0.25) is 14.2 Å². The molecule has 138 valence electrons. The van der Waals surface area contributed by atoms with Crippen LogP contribution in [0.2, 0.25) is 0 Å². The molecule has 0 spiro atoms. The average Bonchev–Trinajstić information content (AvgIpc) is 2.67. The third-order valence-electron chi connectivity index (χ3n) is 4.05. The molecule has 0 unspecified atom stereocenters. The van der Waals surface area contributed by atoms with Crippen molar-refractivity contribution in [1.29, 1.82) is 0 Å². The molecule has 6 heteroatoms. The lowest BCUT2D eigenvalue weighted by atomic mass is 10.0. The van der Waals surface area contributed by atoms with Gasteiger partial charge in [-0.2, -0.15) is 0 Å². The second-order valence-electron chi connectivity index (χ2n) is 5.98. The van der Waals surface area contributed by atoms with E-state index in [9.17, 15) is 14.0 Å². The highest BCUT2D eigenvalue weighted by atomic mass is 19.1. The quantitative estimate of drug-likeness (QED) is 0.677. The molecular weight excluding hydrogens is 347 g/mol. The molecular formula is C21H19FN2O3. The fourth-order valence-corrected chi connectivity index (χ4v) is 2.68. The molecule has 0 saturated heterocycles. The molecule has 3 aromatic rings. The van der Waals surface area contributed by atoms with Gasteiger partial charge >= 0.3 is 0 Å². The lowest BCUT2D eigenvalue weighted by molar-refractivity contribution is 0.103. The largest absolute Gasteiger partial charge is 0.494 e. The van der Waals surface area contributed by atoms with Gasteiger partial charge in [-0.15, -0.1) is 0 Å². The molecule has 0 aliphatic rings. The number of carbonyl (C=O) groups is 1. The number of carbonyl (C=O) groups excluding carboxylic acids is 1. The first kappa shape index (κ1) is 18.4. The topological polar surface area (TPSA) is 74.3 Å². The third-order valence-corrected chi connectivity index (χ3v) is 4.05. The van der Waals surface area contributed by atoms with Crippen LogP contribution in [0, 0.1) is 5.82 Å². The van der Waals surface area contributed by atoms with Crippen molar-refractivity contribution in [3.05, 3.63) is 88.0 Å². The number of rotatable bonds is 6. The van der Waals surface area contributed by atoms with Crippen LogP contribution in [-0.2, 0) is 0 Å². The minimum absolute atomic E-state index is 0.0269. The number of pyridine rings is 1. The van der Waals surface area contributed by atoms with Crippen LogP contribution in [-0.4, -0.2) is 17.0 Å². The van der Waals surface area contributed by atoms with Gasteiger partial charge in [0.05, 0.1) is 17.9 Å². The summed E-state index contributed by atoms with van der Waals surface area (Å²) in [7, 11) is 0. The number of nitrogen functional groups attached to an aromatic ring is 1. The highest BCUT2D eigenvalue weighted by Crippen LogP contribution is 2.21. The normalized spacial score (nSPS) is 10.6. The monoisotopic (exact) mass is 366 g/mol. The van der Waals surface area contributed by atoms with Crippen molar-refractivity contribution in [2.75, 3.05) is 12.3 Å². The molecule has 5 nitrogen and oxygen atoms in total. The molecule has 27 heavy (non-hydrogen) atoms. The maximum atomic E-state index is 13.1. The minimum atomic E-state index is -0.435. The number of anilines is 1. The van der Waals surface area contributed by atoms with Gasteiger partial charge in [-0.05, 0) is 61.0 Å². The summed E-state index contributed by atoms with van der Waals surface area (Å²) in [5, 5.41) is 0. The zero-order valence-corrected chi connectivity index (χ0v) is 14.8. The van der Waals surface area contributed by atoms with Gasteiger partial charge in [0.25, 0.3) is 5.56 Å². The average molecular weight is 366 g/mol. The summed E-state index contributed by atoms with van der Waals surface area (Å²) < 4.78 is 19.9. The fourth-order valence-electron chi connectivity index (χ4n) is 2.68. The first-order valence-corrected chi connectivity index (χ1v) is 8.56. The number of hydrogen-bond acceptors (Lipinski definition) is 4. The Labute approximate surface area is 155 Å². The fraction of sp³-hybridized carbons (Fsp3) is 0.143. The Balaban J connectivity index is 1.99. The van der Waals surface area contributed by atoms with Gasteiger partial charge in [-0.25, -0.2) is 4.39 Å². The van der Waals surface area contributed by atoms with Gasteiger partial charge in [0.1, 0.15) is 17.4 Å². The number of halogens is 1. The summed E-state index contributed by atoms with van der Waals surface area (Å²) in [4.78, 5) is 25.1. The van der Waals surface area contributed by atoms with Crippen molar-refractivity contribution in [3.63, 3.8) is 0 Å². The number of hydrogen-bond donors (Lipinski definition) is 1. The van der Waals surface area contributed by atoms with Crippen LogP contribution in [0.1, 0.15) is 29.3 Å². The van der Waals surface area contributed by atoms with Gasteiger partial charge in [0.15, 0.2) is 5.78 Å². The third kappa shape index (κ3) is 3.89. The first-order valence-electron chi connectivity index (χ1n) is 8.56. The van der Waals surface area contributed by atoms with E-state index in [2.05, 4.69) is 0 Å². The number of aromatic nitrogens is 1. The van der Waals surface area contributed by atoms with E-state index >= 15 is 0 Å². The number of nitrogens with zero attached hydrogens (tertiary/aromatic N) is 1. The zero-order valence-electron chi connectivity index (χ0n) is 14.8. The molecule has 0 aliphatic heterocycles. The van der Waals surface area contributed by atoms with Crippen LogP contribution in [0.5, 0.6) is 5.75 Å². The maximum absolute atomic E-state index is 13.1. The number of ether oxygens (including phenoxy) is 1. The van der Waals surface area contributed by atoms with E-state index in [0.717, 1.165) is 6.42 Å². The SMILES string of the molecule is CCCOc1ccc(-n2c(N)c(C(=O)c3ccc(F)cc3)ccc2=O)cc1. The predicted molar refractivity (Wildman–Crippen MR) is 102 cm³/mol. The molecule has 1 heterocycles. The first-order chi connectivity index (χ1) is 13.0. The van der Waals surface area contributed by atoms with Crippen molar-refractivity contribution in [2.24, 2.45) is 0 Å². The molecule has 1 aromatic heterocycles. The van der Waals surface area contributed by atoms with E-state index < -0.39 is 5.82 Å². The molecule has 0 fully saturated rings. The van der Waals surface area contributed by atoms with Gasteiger partial charge in [0, 0.05) is 11.6 Å². The van der Waals surface area contributed by atoms with E-state index in [1.807, 2.05) is 6.92 Å². The van der Waals surface area contributed by atoms with Gasteiger partial charge < -0.3 is 10.5 Å². The Kier molecular flexibility index (Phi) is 5.35. The van der Waals surface area contributed by atoms with E-state index in [1.54, 1.807) is 24.3 Å². The van der Waals surface area contributed by atoms with Crippen molar-refractivity contribution in [2.45, 2.75) is 13.3 Å². The molecule has 0 atom stereocenters. The van der Waals surface area contributed by atoms with E-state index in [4.69, 9.17) is 10.5 Å². The van der Waals surface area contributed by atoms with Crippen LogP contribution in [0.25, 0.3) is 5.69 Å². The number of ketones is 1. The van der Waals surface area contributed by atoms with Crippen molar-refractivity contribution in [3.8, 4) is 11.4 Å². The minimum Gasteiger partial charge on any atom is -0.494 e. The number of benzene rings is 2. The predicted octanol–water partition coefficient (Wildman–Crippen LogP) is 3.58. The van der Waals surface area contributed by atoms with E-state index in [1.165, 1.54) is 41.0 Å². The second kappa shape index (κ2) is 7.86. The van der Waals surface area contributed by atoms with Crippen LogP contribution < -0.4 is 16.0 Å². The lowest BCUT2D eigenvalue weighted by Gasteiger charge is -2.14. The van der Waals surface area contributed by atoms with Crippen molar-refractivity contribution >= 4 is 11.6 Å². The second-order valence-corrected chi connectivity index (χ2v) is 5.98. The summed E-state index contributed by atoms with van der Waals surface area (Å²) in [5.41, 5.74) is 6.77. The summed E-state index contributed by atoms with van der Waals surface area (Å²) in [5.74, 6) is -0.108. The molecule has 2 aromatic carbocycles. The Hall–Kier alpha value is -3.41. The van der Waals surface area contributed by atoms with Crippen molar-refractivity contribution < 1.29 is 13.9 Å². The Bertz CT molecular complexity index is 1010. The van der Waals surface area contributed by atoms with Crippen LogP contribution in [0.4, 0.5) is 10.2 Å². The Morgan fingerprint density at radius 1 is 1.04 bits per heavy atom. The molecule has 0 radical (unpaired) electrons. The highest BCUT2D eigenvalue weighted by molar-refractivity contribution is 6.11. The molecule has 0 aliphatic carbocycles. The molecule has 3 rings (SSSR count). The standard InChI is InChI=1S/C21H19FN2O3/c1-2-13-27-17-9-7-16(8-10-17)24-19(25)12-11-18(21(24)23)20(26)14-3-5-15(22)6-4-14/h3-12H,2,13,23H2,1H3. The van der Waals surface area contributed by atoms with Gasteiger partial charge in [-0.1, -0.05) is 6.92 Å². The summed E-state index contributed by atoms with van der Waals surface area (Å²) >= 11 is 0. The Morgan fingerprint density at radius 3 is 2.33 bits per heavy atom. The van der Waals surface area contributed by atoms with Crippen LogP contribution in [0.3, 0.4) is 0 Å². The molecule has 0 amide bonds. The summed E-state index contributed by atoms with van der Waals surface area (Å²) in [6.07, 6.45) is 0.891.